The van der Waals surface area contributed by atoms with E-state index in [4.69, 9.17) is 0 Å². The predicted molar refractivity (Wildman–Crippen MR) is 46.9 cm³/mol. The Kier molecular flexibility index (Phi) is 2.82. The van der Waals surface area contributed by atoms with Crippen LogP contribution in [0.5, 0.6) is 0 Å². The molecule has 1 N–H and O–H groups in total. The zero-order chi connectivity index (χ0) is 8.97. The fraction of sp³-hybridized carbons (Fsp3) is 0. The summed E-state index contributed by atoms with van der Waals surface area (Å²) in [6.45, 7) is 0. The minimum Gasteiger partial charge on any atom is -0.303 e. The number of thiol groups is 1. The zero-order valence-corrected chi connectivity index (χ0v) is 6.91. The summed E-state index contributed by atoms with van der Waals surface area (Å²) < 4.78 is 0. The Hall–Kier alpha value is -1.36. The smallest absolute Gasteiger partial charge is 0.303 e. The molecule has 0 spiro atoms. The highest BCUT2D eigenvalue weighted by atomic mass is 32.1. The Balaban J connectivity index is 2.65. The van der Waals surface area contributed by atoms with Crippen LogP contribution in [-0.4, -0.2) is 16.0 Å². The summed E-state index contributed by atoms with van der Waals surface area (Å²) in [6, 6.07) is 4.98. The molecule has 62 valence electrons. The van der Waals surface area contributed by atoms with E-state index in [1.54, 1.807) is 18.2 Å². The number of amides is 1. The van der Waals surface area contributed by atoms with Crippen molar-refractivity contribution in [3.05, 3.63) is 24.4 Å². The van der Waals surface area contributed by atoms with Crippen LogP contribution in [0.4, 0.5) is 5.82 Å². The molecular formula is C7H6N2O2S. The molecule has 0 aliphatic rings. The third-order valence-electron chi connectivity index (χ3n) is 1.10. The van der Waals surface area contributed by atoms with Crippen molar-refractivity contribution < 1.29 is 9.59 Å². The minimum atomic E-state index is -0.833. The Bertz CT molecular complexity index is 300. The van der Waals surface area contributed by atoms with Crippen molar-refractivity contribution in [3.63, 3.8) is 0 Å². The molecule has 12 heavy (non-hydrogen) atoms. The van der Waals surface area contributed by atoms with Gasteiger partial charge in [0.2, 0.25) is 0 Å². The van der Waals surface area contributed by atoms with Gasteiger partial charge in [-0.25, -0.2) is 4.98 Å². The molecule has 4 nitrogen and oxygen atoms in total. The van der Waals surface area contributed by atoms with E-state index in [1.807, 2.05) is 0 Å². The third-order valence-corrected chi connectivity index (χ3v) is 1.30. The molecule has 0 saturated carbocycles. The van der Waals surface area contributed by atoms with Crippen molar-refractivity contribution in [2.45, 2.75) is 0 Å². The molecule has 0 bridgehead atoms. The van der Waals surface area contributed by atoms with Crippen LogP contribution in [0.2, 0.25) is 0 Å². The number of hydrogen-bond donors (Lipinski definition) is 2. The topological polar surface area (TPSA) is 59.1 Å². The molecule has 0 aromatic carbocycles. The first kappa shape index (κ1) is 8.73. The number of pyridine rings is 1. The van der Waals surface area contributed by atoms with E-state index in [-0.39, 0.29) is 0 Å². The van der Waals surface area contributed by atoms with Crippen LogP contribution in [0.15, 0.2) is 24.4 Å². The highest BCUT2D eigenvalue weighted by molar-refractivity contribution is 7.98. The average molecular weight is 182 g/mol. The van der Waals surface area contributed by atoms with Gasteiger partial charge in [-0.05, 0) is 12.1 Å². The molecule has 1 amide bonds. The van der Waals surface area contributed by atoms with Gasteiger partial charge in [-0.15, -0.1) is 0 Å². The van der Waals surface area contributed by atoms with Gasteiger partial charge < -0.3 is 5.32 Å². The molecule has 1 aromatic heterocycles. The first-order chi connectivity index (χ1) is 5.70. The van der Waals surface area contributed by atoms with Crippen LogP contribution in [0, 0.1) is 0 Å². The third kappa shape index (κ3) is 2.35. The van der Waals surface area contributed by atoms with Crippen LogP contribution < -0.4 is 5.32 Å². The van der Waals surface area contributed by atoms with E-state index in [1.165, 1.54) is 6.20 Å². The number of nitrogens with zero attached hydrogens (tertiary/aromatic N) is 1. The second-order valence-corrected chi connectivity index (χ2v) is 2.38. The molecule has 1 rings (SSSR count). The molecule has 0 fully saturated rings. The largest absolute Gasteiger partial charge is 0.303 e. The second-order valence-electron chi connectivity index (χ2n) is 1.97. The van der Waals surface area contributed by atoms with Crippen LogP contribution in [0.25, 0.3) is 0 Å². The van der Waals surface area contributed by atoms with Gasteiger partial charge in [0.15, 0.2) is 0 Å². The molecule has 5 heteroatoms. The fourth-order valence-corrected chi connectivity index (χ4v) is 0.662. The maximum Gasteiger partial charge on any atom is 0.303 e. The highest BCUT2D eigenvalue weighted by Crippen LogP contribution is 1.99. The fourth-order valence-electron chi connectivity index (χ4n) is 0.606. The monoisotopic (exact) mass is 182 g/mol. The maximum absolute atomic E-state index is 10.7. The predicted octanol–water partition coefficient (Wildman–Crippen LogP) is 0.476. The van der Waals surface area contributed by atoms with Gasteiger partial charge in [-0.1, -0.05) is 18.7 Å². The van der Waals surface area contributed by atoms with Gasteiger partial charge in [-0.3, -0.25) is 9.59 Å². The van der Waals surface area contributed by atoms with E-state index in [0.717, 1.165) is 0 Å². The van der Waals surface area contributed by atoms with Gasteiger partial charge in [0, 0.05) is 6.20 Å². The molecule has 0 aliphatic heterocycles. The van der Waals surface area contributed by atoms with Gasteiger partial charge in [0.1, 0.15) is 5.82 Å². The molecule has 0 unspecified atom stereocenters. The zero-order valence-electron chi connectivity index (χ0n) is 6.02. The highest BCUT2D eigenvalue weighted by Gasteiger charge is 2.07. The SMILES string of the molecule is O=C(S)C(=O)Nc1ccccn1. The quantitative estimate of drug-likeness (QED) is 0.516. The van der Waals surface area contributed by atoms with E-state index in [9.17, 15) is 9.59 Å². The van der Waals surface area contributed by atoms with Crippen LogP contribution >= 0.6 is 12.6 Å². The lowest BCUT2D eigenvalue weighted by Crippen LogP contribution is -2.18. The molecule has 0 aliphatic carbocycles. The first-order valence-electron chi connectivity index (χ1n) is 3.15. The molecular weight excluding hydrogens is 176 g/mol. The molecule has 0 radical (unpaired) electrons. The molecule has 1 heterocycles. The molecule has 1 aromatic rings. The van der Waals surface area contributed by atoms with Crippen molar-refractivity contribution in [3.8, 4) is 0 Å². The Morgan fingerprint density at radius 3 is 2.67 bits per heavy atom. The van der Waals surface area contributed by atoms with E-state index >= 15 is 0 Å². The maximum atomic E-state index is 10.7. The second kappa shape index (κ2) is 3.87. The first-order valence-corrected chi connectivity index (χ1v) is 3.60. The summed E-state index contributed by atoms with van der Waals surface area (Å²) in [7, 11) is 0. The summed E-state index contributed by atoms with van der Waals surface area (Å²) in [5.41, 5.74) is 0. The number of rotatable bonds is 2. The van der Waals surface area contributed by atoms with Gasteiger partial charge in [0.05, 0.1) is 0 Å². The van der Waals surface area contributed by atoms with E-state index in [2.05, 4.69) is 22.9 Å². The number of nitrogens with one attached hydrogen (secondary N) is 1. The Morgan fingerprint density at radius 1 is 1.42 bits per heavy atom. The van der Waals surface area contributed by atoms with Crippen LogP contribution in [-0.2, 0) is 9.59 Å². The lowest BCUT2D eigenvalue weighted by molar-refractivity contribution is -0.129. The van der Waals surface area contributed by atoms with Crippen LogP contribution in [0.3, 0.4) is 0 Å². The normalized spacial score (nSPS) is 9.08. The number of aromatic nitrogens is 1. The van der Waals surface area contributed by atoms with Crippen molar-refractivity contribution in [2.75, 3.05) is 5.32 Å². The van der Waals surface area contributed by atoms with E-state index in [0.29, 0.717) is 5.82 Å². The van der Waals surface area contributed by atoms with Gasteiger partial charge >= 0.3 is 5.91 Å². The number of hydrogen-bond acceptors (Lipinski definition) is 3. The van der Waals surface area contributed by atoms with Gasteiger partial charge in [0.25, 0.3) is 5.12 Å². The van der Waals surface area contributed by atoms with E-state index < -0.39 is 11.0 Å². The number of carbonyl (C=O) groups is 2. The number of carbonyl (C=O) groups excluding carboxylic acids is 2. The average Bonchev–Trinajstić information content (AvgIpc) is 2.06. The van der Waals surface area contributed by atoms with Crippen molar-refractivity contribution in [2.24, 2.45) is 0 Å². The molecule has 0 saturated heterocycles. The van der Waals surface area contributed by atoms with Crippen LogP contribution in [0.1, 0.15) is 0 Å². The lowest BCUT2D eigenvalue weighted by Gasteiger charge is -1.98. The summed E-state index contributed by atoms with van der Waals surface area (Å²) in [6.07, 6.45) is 1.51. The Morgan fingerprint density at radius 2 is 2.17 bits per heavy atom. The molecule has 0 atom stereocenters. The van der Waals surface area contributed by atoms with Gasteiger partial charge in [-0.2, -0.15) is 0 Å². The van der Waals surface area contributed by atoms with Crippen molar-refractivity contribution >= 4 is 29.5 Å². The summed E-state index contributed by atoms with van der Waals surface area (Å²) in [5, 5.41) is 1.43. The lowest BCUT2D eigenvalue weighted by atomic mass is 10.4. The number of anilines is 1. The Labute approximate surface area is 74.4 Å². The summed E-state index contributed by atoms with van der Waals surface area (Å²) in [5.74, 6) is -0.443. The summed E-state index contributed by atoms with van der Waals surface area (Å²) in [4.78, 5) is 24.9. The van der Waals surface area contributed by atoms with Crippen molar-refractivity contribution in [1.29, 1.82) is 0 Å². The minimum absolute atomic E-state index is 0.338. The van der Waals surface area contributed by atoms with Crippen molar-refractivity contribution in [1.82, 2.24) is 4.98 Å². The summed E-state index contributed by atoms with van der Waals surface area (Å²) >= 11 is 3.34. The standard InChI is InChI=1S/C7H6N2O2S/c10-6(7(11)12)9-5-3-1-2-4-8-5/h1-4H,(H,11,12)(H,8,9,10).